The molecule has 0 bridgehead atoms. The molecule has 1 aliphatic rings. The number of allylic oxidation sites excluding steroid dienone is 2. The number of aliphatic hydroxyl groups excluding tert-OH is 2. The molecule has 3 N–H and O–H groups in total. The Bertz CT molecular complexity index is 1420. The van der Waals surface area contributed by atoms with Crippen molar-refractivity contribution in [1.29, 1.82) is 0 Å². The maximum absolute atomic E-state index is 13.2. The van der Waals surface area contributed by atoms with Crippen molar-refractivity contribution < 1.29 is 58.2 Å². The van der Waals surface area contributed by atoms with Crippen LogP contribution in [0.5, 0.6) is 0 Å². The first-order valence-electron chi connectivity index (χ1n) is 33.7. The third-order valence-electron chi connectivity index (χ3n) is 15.8. The number of ether oxygens (including phenoxy) is 5. The quantitative estimate of drug-likeness (QED) is 0.0228. The summed E-state index contributed by atoms with van der Waals surface area (Å²) in [4.78, 5) is 51.3. The fourth-order valence-corrected chi connectivity index (χ4v) is 10.7. The van der Waals surface area contributed by atoms with Crippen molar-refractivity contribution in [2.24, 2.45) is 0 Å². The minimum absolute atomic E-state index is 0.0682. The van der Waals surface area contributed by atoms with E-state index in [0.29, 0.717) is 19.3 Å². The van der Waals surface area contributed by atoms with E-state index in [4.69, 9.17) is 23.7 Å². The first-order valence-corrected chi connectivity index (χ1v) is 33.7. The van der Waals surface area contributed by atoms with E-state index in [2.05, 4.69) is 32.9 Å². The molecule has 0 amide bonds. The highest BCUT2D eigenvalue weighted by molar-refractivity contribution is 5.74. The second-order valence-corrected chi connectivity index (χ2v) is 23.5. The van der Waals surface area contributed by atoms with Gasteiger partial charge >= 0.3 is 23.9 Å². The number of carbonyl (C=O) groups excluding carboxylic acids is 3. The van der Waals surface area contributed by atoms with Gasteiger partial charge in [-0.25, -0.2) is 4.79 Å². The molecule has 0 spiro atoms. The predicted molar refractivity (Wildman–Crippen MR) is 322 cm³/mol. The van der Waals surface area contributed by atoms with E-state index in [1.165, 1.54) is 218 Å². The van der Waals surface area contributed by atoms with Crippen LogP contribution in [0.25, 0.3) is 0 Å². The van der Waals surface area contributed by atoms with Gasteiger partial charge in [-0.15, -0.1) is 0 Å². The maximum atomic E-state index is 13.2. The number of rotatable bonds is 59. The zero-order chi connectivity index (χ0) is 57.5. The van der Waals surface area contributed by atoms with Crippen LogP contribution in [0.15, 0.2) is 12.2 Å². The van der Waals surface area contributed by atoms with Crippen molar-refractivity contribution in [1.82, 2.24) is 0 Å². The number of esters is 3. The van der Waals surface area contributed by atoms with Crippen LogP contribution in [0.4, 0.5) is 0 Å². The lowest BCUT2D eigenvalue weighted by Gasteiger charge is -2.40. The molecule has 6 atom stereocenters. The Morgan fingerprint density at radius 1 is 0.405 bits per heavy atom. The van der Waals surface area contributed by atoms with Crippen LogP contribution in [-0.2, 0) is 42.9 Å². The molecule has 1 heterocycles. The van der Waals surface area contributed by atoms with Crippen molar-refractivity contribution in [3.63, 3.8) is 0 Å². The molecule has 464 valence electrons. The van der Waals surface area contributed by atoms with Gasteiger partial charge < -0.3 is 39.0 Å². The van der Waals surface area contributed by atoms with E-state index in [-0.39, 0.29) is 25.9 Å². The first-order chi connectivity index (χ1) is 38.6. The molecule has 12 heteroatoms. The van der Waals surface area contributed by atoms with Crippen LogP contribution in [0, 0.1) is 0 Å². The molecule has 1 saturated heterocycles. The van der Waals surface area contributed by atoms with Crippen molar-refractivity contribution >= 4 is 23.9 Å². The van der Waals surface area contributed by atoms with Gasteiger partial charge in [0.1, 0.15) is 18.8 Å². The molecule has 12 nitrogen and oxygen atoms in total. The lowest BCUT2D eigenvalue weighted by molar-refractivity contribution is -0.301. The third kappa shape index (κ3) is 45.6. The van der Waals surface area contributed by atoms with E-state index >= 15 is 0 Å². The molecule has 1 aliphatic heterocycles. The van der Waals surface area contributed by atoms with E-state index in [1.807, 2.05) is 0 Å². The molecule has 79 heavy (non-hydrogen) atoms. The van der Waals surface area contributed by atoms with Crippen LogP contribution in [0.3, 0.4) is 0 Å². The zero-order valence-electron chi connectivity index (χ0n) is 51.4. The van der Waals surface area contributed by atoms with Gasteiger partial charge in [0.05, 0.1) is 6.61 Å². The predicted octanol–water partition coefficient (Wildman–Crippen LogP) is 18.0. The van der Waals surface area contributed by atoms with Crippen molar-refractivity contribution in [2.75, 3.05) is 13.2 Å². The molecule has 1 fully saturated rings. The lowest BCUT2D eigenvalue weighted by atomic mass is 9.98. The Morgan fingerprint density at radius 3 is 1.08 bits per heavy atom. The van der Waals surface area contributed by atoms with Crippen LogP contribution >= 0.6 is 0 Å². The largest absolute Gasteiger partial charge is 0.479 e. The number of hydrogen-bond acceptors (Lipinski definition) is 11. The molecule has 0 aliphatic carbocycles. The fraction of sp³-hybridized carbons (Fsp3) is 0.910. The summed E-state index contributed by atoms with van der Waals surface area (Å²) in [5.74, 6) is -3.07. The molecule has 1 rings (SSSR count). The SMILES string of the molecule is CCCCCCCC/C=C\CCCCCCCCCCCC(=O)OCC(COC1OC(C(=O)O)C(O)C(O)C1OC(=O)CCCCCCCCCCCCC)OC(=O)CCCCCCCCCCCCCCCCCCCCC. The Kier molecular flexibility index (Phi) is 52.8. The smallest absolute Gasteiger partial charge is 0.335 e. The highest BCUT2D eigenvalue weighted by Crippen LogP contribution is 2.27. The molecule has 0 saturated carbocycles. The number of carbonyl (C=O) groups is 4. The summed E-state index contributed by atoms with van der Waals surface area (Å²) in [5.41, 5.74) is 0. The zero-order valence-corrected chi connectivity index (χ0v) is 51.4. The second-order valence-electron chi connectivity index (χ2n) is 23.5. The number of aliphatic hydroxyl groups is 2. The molecular formula is C67H124O12. The Labute approximate surface area is 484 Å². The summed E-state index contributed by atoms with van der Waals surface area (Å²) in [6, 6.07) is 0. The van der Waals surface area contributed by atoms with E-state index in [9.17, 15) is 34.5 Å². The van der Waals surface area contributed by atoms with Gasteiger partial charge in [-0.2, -0.15) is 0 Å². The minimum Gasteiger partial charge on any atom is -0.479 e. The number of unbranched alkanes of at least 4 members (excludes halogenated alkanes) is 43. The van der Waals surface area contributed by atoms with E-state index in [0.717, 1.165) is 64.2 Å². The number of hydrogen-bond donors (Lipinski definition) is 3. The van der Waals surface area contributed by atoms with Crippen LogP contribution in [-0.4, -0.2) is 89.2 Å². The van der Waals surface area contributed by atoms with Crippen molar-refractivity contribution in [3.8, 4) is 0 Å². The van der Waals surface area contributed by atoms with E-state index < -0.39 is 67.3 Å². The van der Waals surface area contributed by atoms with Crippen LogP contribution in [0.1, 0.15) is 342 Å². The average Bonchev–Trinajstić information content (AvgIpc) is 3.47. The summed E-state index contributed by atoms with van der Waals surface area (Å²) >= 11 is 0. The molecule has 0 aromatic carbocycles. The third-order valence-corrected chi connectivity index (χ3v) is 15.8. The average molecular weight is 1120 g/mol. The van der Waals surface area contributed by atoms with Gasteiger partial charge in [-0.1, -0.05) is 290 Å². The summed E-state index contributed by atoms with van der Waals surface area (Å²) in [6.07, 6.45) is 51.8. The standard InChI is InChI=1S/C67H124O12/c1-4-7-10-13-16-19-22-24-26-28-30-32-34-36-39-41-44-47-50-53-59(68)75-56-58(77-60(69)54-51-48-45-43-40-37-35-33-31-29-27-25-23-20-17-14-11-8-5-2)57-76-67-65(63(72)62(71)64(79-67)66(73)74)78-61(70)55-52-49-46-42-38-21-18-15-12-9-6-3/h24,26,58,62-65,67,71-72H,4-23,25,27-57H2,1-3H3,(H,73,74)/b26-24-. The summed E-state index contributed by atoms with van der Waals surface area (Å²) in [6.45, 7) is 6.04. The summed E-state index contributed by atoms with van der Waals surface area (Å²) < 4.78 is 28.6. The number of carboxylic acids is 1. The number of aliphatic carboxylic acids is 1. The molecule has 0 aromatic rings. The Hall–Kier alpha value is -2.54. The van der Waals surface area contributed by atoms with Gasteiger partial charge in [0, 0.05) is 19.3 Å². The van der Waals surface area contributed by atoms with Crippen LogP contribution < -0.4 is 0 Å². The van der Waals surface area contributed by atoms with Crippen LogP contribution in [0.2, 0.25) is 0 Å². The fourth-order valence-electron chi connectivity index (χ4n) is 10.7. The molecule has 6 unspecified atom stereocenters. The van der Waals surface area contributed by atoms with Gasteiger partial charge in [-0.3, -0.25) is 14.4 Å². The molecule has 0 radical (unpaired) electrons. The summed E-state index contributed by atoms with van der Waals surface area (Å²) in [5, 5.41) is 31.5. The summed E-state index contributed by atoms with van der Waals surface area (Å²) in [7, 11) is 0. The Balaban J connectivity index is 2.60. The van der Waals surface area contributed by atoms with Crippen molar-refractivity contribution in [3.05, 3.63) is 12.2 Å². The number of carboxylic acid groups (broad SMARTS) is 1. The lowest BCUT2D eigenvalue weighted by Crippen LogP contribution is -2.61. The highest BCUT2D eigenvalue weighted by Gasteiger charge is 2.50. The maximum Gasteiger partial charge on any atom is 0.335 e. The molecule has 0 aromatic heterocycles. The topological polar surface area (TPSA) is 175 Å². The highest BCUT2D eigenvalue weighted by atomic mass is 16.7. The van der Waals surface area contributed by atoms with Gasteiger partial charge in [0.15, 0.2) is 24.6 Å². The monoisotopic (exact) mass is 1120 g/mol. The first kappa shape index (κ1) is 74.5. The minimum atomic E-state index is -1.90. The van der Waals surface area contributed by atoms with Gasteiger partial charge in [0.2, 0.25) is 0 Å². The van der Waals surface area contributed by atoms with Gasteiger partial charge in [0.25, 0.3) is 0 Å². The molecular weight excluding hydrogens is 997 g/mol. The normalized spacial score (nSPS) is 17.8. The van der Waals surface area contributed by atoms with Crippen molar-refractivity contribution in [2.45, 2.75) is 379 Å². The van der Waals surface area contributed by atoms with E-state index in [1.54, 1.807) is 0 Å². The second kappa shape index (κ2) is 56.0. The Morgan fingerprint density at radius 2 is 0.722 bits per heavy atom. The van der Waals surface area contributed by atoms with Gasteiger partial charge in [-0.05, 0) is 44.9 Å².